The van der Waals surface area contributed by atoms with E-state index in [9.17, 15) is 4.39 Å². The largest absolute Gasteiger partial charge is 0.327 e. The Labute approximate surface area is 129 Å². The molecule has 5 heteroatoms. The Hall–Kier alpha value is -0.160. The highest BCUT2D eigenvalue weighted by atomic mass is 79.9. The molecule has 0 spiro atoms. The van der Waals surface area contributed by atoms with Crippen molar-refractivity contribution in [3.63, 3.8) is 0 Å². The molecule has 1 heterocycles. The first-order chi connectivity index (χ1) is 8.58. The van der Waals surface area contributed by atoms with Gasteiger partial charge in [-0.25, -0.2) is 4.39 Å². The molecule has 0 aliphatic carbocycles. The van der Waals surface area contributed by atoms with Gasteiger partial charge in [0, 0.05) is 23.1 Å². The third-order valence-corrected chi connectivity index (χ3v) is 4.43. The molecule has 2 rings (SSSR count). The minimum absolute atomic E-state index is 0. The number of likely N-dealkylation sites (tertiary alicyclic amines) is 1. The van der Waals surface area contributed by atoms with E-state index >= 15 is 0 Å². The van der Waals surface area contributed by atoms with E-state index in [1.165, 1.54) is 18.9 Å². The summed E-state index contributed by atoms with van der Waals surface area (Å²) in [6.07, 6.45) is 3.59. The van der Waals surface area contributed by atoms with Gasteiger partial charge in [-0.3, -0.25) is 4.90 Å². The highest BCUT2D eigenvalue weighted by molar-refractivity contribution is 9.10. The van der Waals surface area contributed by atoms with Gasteiger partial charge in [0.1, 0.15) is 5.82 Å². The van der Waals surface area contributed by atoms with Crippen LogP contribution in [0.3, 0.4) is 0 Å². The number of nitrogens with two attached hydrogens (primary N) is 1. The van der Waals surface area contributed by atoms with Crippen molar-refractivity contribution in [3.05, 3.63) is 34.1 Å². The molecule has 2 nitrogen and oxygen atoms in total. The van der Waals surface area contributed by atoms with E-state index in [1.807, 2.05) is 0 Å². The third kappa shape index (κ3) is 4.42. The van der Waals surface area contributed by atoms with Crippen LogP contribution in [0.2, 0.25) is 0 Å². The molecule has 0 aromatic heterocycles. The van der Waals surface area contributed by atoms with Crippen LogP contribution in [-0.2, 0) is 6.54 Å². The molecule has 2 atom stereocenters. The number of rotatable bonds is 3. The van der Waals surface area contributed by atoms with Crippen molar-refractivity contribution in [1.82, 2.24) is 4.90 Å². The lowest BCUT2D eigenvalue weighted by molar-refractivity contribution is 0.122. The molecule has 0 amide bonds. The molecule has 0 bridgehead atoms. The van der Waals surface area contributed by atoms with Crippen molar-refractivity contribution < 1.29 is 4.39 Å². The lowest BCUT2D eigenvalue weighted by atomic mass is 9.96. The van der Waals surface area contributed by atoms with Crippen molar-refractivity contribution in [2.75, 3.05) is 6.54 Å². The number of hydrogen-bond donors (Lipinski definition) is 1. The Kier molecular flexibility index (Phi) is 6.74. The van der Waals surface area contributed by atoms with E-state index in [0.29, 0.717) is 6.04 Å². The Morgan fingerprint density at radius 1 is 1.47 bits per heavy atom. The van der Waals surface area contributed by atoms with Crippen molar-refractivity contribution in [3.8, 4) is 0 Å². The van der Waals surface area contributed by atoms with Crippen molar-refractivity contribution in [1.29, 1.82) is 0 Å². The average molecular weight is 352 g/mol. The van der Waals surface area contributed by atoms with Crippen LogP contribution in [0.4, 0.5) is 4.39 Å². The summed E-state index contributed by atoms with van der Waals surface area (Å²) in [5.74, 6) is -0.178. The van der Waals surface area contributed by atoms with E-state index in [1.54, 1.807) is 12.1 Å². The summed E-state index contributed by atoms with van der Waals surface area (Å²) < 4.78 is 14.3. The summed E-state index contributed by atoms with van der Waals surface area (Å²) in [6.45, 7) is 3.88. The molecular formula is C14H21BrClFN2. The molecule has 1 aliphatic heterocycles. The Bertz CT molecular complexity index is 414. The summed E-state index contributed by atoms with van der Waals surface area (Å²) in [4.78, 5) is 2.38. The van der Waals surface area contributed by atoms with Gasteiger partial charge < -0.3 is 5.73 Å². The number of piperidine rings is 1. The van der Waals surface area contributed by atoms with Crippen LogP contribution in [0.1, 0.15) is 31.7 Å². The molecule has 2 N–H and O–H groups in total. The normalized spacial score (nSPS) is 21.8. The van der Waals surface area contributed by atoms with E-state index in [4.69, 9.17) is 5.73 Å². The first kappa shape index (κ1) is 16.9. The van der Waals surface area contributed by atoms with Crippen LogP contribution in [-0.4, -0.2) is 23.5 Å². The standard InChI is InChI=1S/C14H20BrFN2.ClH/c1-10(17)14-4-2-3-7-18(14)9-11-8-12(16)5-6-13(11)15;/h5-6,8,10,14H,2-4,7,9,17H2,1H3;1H. The average Bonchev–Trinajstić information content (AvgIpc) is 2.34. The van der Waals surface area contributed by atoms with E-state index in [2.05, 4.69) is 27.8 Å². The lowest BCUT2D eigenvalue weighted by Crippen LogP contribution is -2.48. The van der Waals surface area contributed by atoms with Gasteiger partial charge in [0.2, 0.25) is 0 Å². The van der Waals surface area contributed by atoms with Crippen molar-refractivity contribution >= 4 is 28.3 Å². The topological polar surface area (TPSA) is 29.3 Å². The van der Waals surface area contributed by atoms with Gasteiger partial charge in [-0.2, -0.15) is 0 Å². The van der Waals surface area contributed by atoms with E-state index in [-0.39, 0.29) is 24.3 Å². The Morgan fingerprint density at radius 2 is 2.21 bits per heavy atom. The van der Waals surface area contributed by atoms with Crippen LogP contribution in [0.15, 0.2) is 22.7 Å². The van der Waals surface area contributed by atoms with Crippen molar-refractivity contribution in [2.45, 2.75) is 44.8 Å². The smallest absolute Gasteiger partial charge is 0.123 e. The number of halogens is 3. The lowest BCUT2D eigenvalue weighted by Gasteiger charge is -2.38. The van der Waals surface area contributed by atoms with E-state index in [0.717, 1.165) is 29.5 Å². The first-order valence-corrected chi connectivity index (χ1v) is 7.31. The second-order valence-corrected chi connectivity index (χ2v) is 5.98. The molecule has 0 radical (unpaired) electrons. The molecule has 1 fully saturated rings. The third-order valence-electron chi connectivity index (χ3n) is 3.65. The fraction of sp³-hybridized carbons (Fsp3) is 0.571. The highest BCUT2D eigenvalue weighted by Crippen LogP contribution is 2.25. The van der Waals surface area contributed by atoms with Gasteiger partial charge in [0.15, 0.2) is 0 Å². The van der Waals surface area contributed by atoms with Crippen LogP contribution < -0.4 is 5.73 Å². The van der Waals surface area contributed by atoms with Crippen LogP contribution in [0.5, 0.6) is 0 Å². The summed E-state index contributed by atoms with van der Waals surface area (Å²) in [6, 6.07) is 5.44. The monoisotopic (exact) mass is 350 g/mol. The maximum atomic E-state index is 13.3. The fourth-order valence-electron chi connectivity index (χ4n) is 2.69. The molecule has 19 heavy (non-hydrogen) atoms. The summed E-state index contributed by atoms with van der Waals surface area (Å²) >= 11 is 3.49. The van der Waals surface area contributed by atoms with Gasteiger partial charge in [0.05, 0.1) is 0 Å². The number of hydrogen-bond acceptors (Lipinski definition) is 2. The minimum Gasteiger partial charge on any atom is -0.327 e. The zero-order valence-corrected chi connectivity index (χ0v) is 13.5. The molecule has 1 saturated heterocycles. The predicted octanol–water partition coefficient (Wildman–Crippen LogP) is 3.71. The molecule has 1 aromatic rings. The second kappa shape index (κ2) is 7.58. The number of benzene rings is 1. The number of nitrogens with zero attached hydrogens (tertiary/aromatic N) is 1. The molecule has 1 aliphatic rings. The quantitative estimate of drug-likeness (QED) is 0.899. The van der Waals surface area contributed by atoms with Crippen LogP contribution in [0.25, 0.3) is 0 Å². The molecule has 108 valence electrons. The molecule has 2 unspecified atom stereocenters. The van der Waals surface area contributed by atoms with Gasteiger partial charge in [-0.15, -0.1) is 12.4 Å². The van der Waals surface area contributed by atoms with Gasteiger partial charge in [0.25, 0.3) is 0 Å². The van der Waals surface area contributed by atoms with E-state index < -0.39 is 0 Å². The van der Waals surface area contributed by atoms with Gasteiger partial charge >= 0.3 is 0 Å². The maximum absolute atomic E-state index is 13.3. The molecule has 0 saturated carbocycles. The zero-order valence-electron chi connectivity index (χ0n) is 11.1. The summed E-state index contributed by atoms with van der Waals surface area (Å²) in [5.41, 5.74) is 7.05. The molecular weight excluding hydrogens is 331 g/mol. The van der Waals surface area contributed by atoms with Crippen molar-refractivity contribution in [2.24, 2.45) is 5.73 Å². The van der Waals surface area contributed by atoms with Gasteiger partial charge in [-0.1, -0.05) is 22.4 Å². The van der Waals surface area contributed by atoms with Gasteiger partial charge in [-0.05, 0) is 50.1 Å². The summed E-state index contributed by atoms with van der Waals surface area (Å²) in [7, 11) is 0. The minimum atomic E-state index is -0.178. The summed E-state index contributed by atoms with van der Waals surface area (Å²) in [5, 5.41) is 0. The Morgan fingerprint density at radius 3 is 2.89 bits per heavy atom. The highest BCUT2D eigenvalue weighted by Gasteiger charge is 2.25. The zero-order chi connectivity index (χ0) is 13.1. The SMILES string of the molecule is CC(N)C1CCCCN1Cc1cc(F)ccc1Br.Cl. The predicted molar refractivity (Wildman–Crippen MR) is 83.0 cm³/mol. The fourth-order valence-corrected chi connectivity index (χ4v) is 3.06. The molecule has 1 aromatic carbocycles. The second-order valence-electron chi connectivity index (χ2n) is 5.13. The first-order valence-electron chi connectivity index (χ1n) is 6.51. The van der Waals surface area contributed by atoms with Crippen LogP contribution >= 0.6 is 28.3 Å². The Balaban J connectivity index is 0.00000180. The maximum Gasteiger partial charge on any atom is 0.123 e. The van der Waals surface area contributed by atoms with Crippen LogP contribution in [0, 0.1) is 5.82 Å².